The van der Waals surface area contributed by atoms with Crippen molar-refractivity contribution >= 4 is 40.4 Å². The number of halogens is 2. The van der Waals surface area contributed by atoms with Crippen molar-refractivity contribution in [2.24, 2.45) is 0 Å². The average molecular weight is 301 g/mol. The lowest BCUT2D eigenvalue weighted by Crippen LogP contribution is -2.25. The summed E-state index contributed by atoms with van der Waals surface area (Å²) < 4.78 is 0. The van der Waals surface area contributed by atoms with Gasteiger partial charge < -0.3 is 5.32 Å². The van der Waals surface area contributed by atoms with Crippen LogP contribution in [0.15, 0.2) is 29.8 Å². The molecule has 0 aromatic carbocycles. The van der Waals surface area contributed by atoms with E-state index in [2.05, 4.69) is 10.3 Å². The zero-order valence-electron chi connectivity index (χ0n) is 9.32. The van der Waals surface area contributed by atoms with Gasteiger partial charge in [0.05, 0.1) is 10.6 Å². The van der Waals surface area contributed by atoms with Gasteiger partial charge in [0.15, 0.2) is 0 Å². The first-order valence-electron chi connectivity index (χ1n) is 5.28. The quantitative estimate of drug-likeness (QED) is 0.879. The SMILES string of the molecule is O=C(NCCc1cccs1)c1cc(Cl)ncc1Cl. The van der Waals surface area contributed by atoms with Crippen LogP contribution in [-0.4, -0.2) is 17.4 Å². The van der Waals surface area contributed by atoms with Crippen LogP contribution in [0.5, 0.6) is 0 Å². The van der Waals surface area contributed by atoms with Gasteiger partial charge in [-0.05, 0) is 23.9 Å². The highest BCUT2D eigenvalue weighted by molar-refractivity contribution is 7.09. The fourth-order valence-corrected chi connectivity index (χ4v) is 2.49. The molecule has 2 aromatic rings. The zero-order valence-corrected chi connectivity index (χ0v) is 11.6. The van der Waals surface area contributed by atoms with Gasteiger partial charge in [-0.15, -0.1) is 11.3 Å². The molecule has 0 spiro atoms. The summed E-state index contributed by atoms with van der Waals surface area (Å²) in [6.07, 6.45) is 2.18. The first-order valence-corrected chi connectivity index (χ1v) is 6.92. The maximum Gasteiger partial charge on any atom is 0.252 e. The topological polar surface area (TPSA) is 42.0 Å². The number of nitrogens with one attached hydrogen (secondary N) is 1. The molecular weight excluding hydrogens is 291 g/mol. The molecule has 0 saturated carbocycles. The van der Waals surface area contributed by atoms with Crippen molar-refractivity contribution in [3.63, 3.8) is 0 Å². The van der Waals surface area contributed by atoms with Crippen LogP contribution in [0.25, 0.3) is 0 Å². The molecular formula is C12H10Cl2N2OS. The largest absolute Gasteiger partial charge is 0.352 e. The lowest BCUT2D eigenvalue weighted by molar-refractivity contribution is 0.0954. The minimum Gasteiger partial charge on any atom is -0.352 e. The Hall–Kier alpha value is -1.10. The van der Waals surface area contributed by atoms with Gasteiger partial charge in [-0.25, -0.2) is 4.98 Å². The van der Waals surface area contributed by atoms with Crippen LogP contribution in [0.2, 0.25) is 10.2 Å². The molecule has 94 valence electrons. The molecule has 6 heteroatoms. The van der Waals surface area contributed by atoms with Gasteiger partial charge in [-0.3, -0.25) is 4.79 Å². The number of nitrogens with zero attached hydrogens (tertiary/aromatic N) is 1. The molecule has 3 nitrogen and oxygen atoms in total. The molecule has 0 fully saturated rings. The third kappa shape index (κ3) is 3.45. The minimum atomic E-state index is -0.235. The Labute approximate surface area is 119 Å². The summed E-state index contributed by atoms with van der Waals surface area (Å²) in [6.45, 7) is 0.565. The van der Waals surface area contributed by atoms with E-state index in [1.807, 2.05) is 17.5 Å². The van der Waals surface area contributed by atoms with E-state index < -0.39 is 0 Å². The van der Waals surface area contributed by atoms with Crippen molar-refractivity contribution < 1.29 is 4.79 Å². The number of carbonyl (C=O) groups is 1. The molecule has 2 heterocycles. The highest BCUT2D eigenvalue weighted by Gasteiger charge is 2.11. The summed E-state index contributed by atoms with van der Waals surface area (Å²) in [5.41, 5.74) is 0.350. The fraction of sp³-hybridized carbons (Fsp3) is 0.167. The summed E-state index contributed by atoms with van der Waals surface area (Å²) in [5, 5.41) is 5.36. The molecule has 0 bridgehead atoms. The van der Waals surface area contributed by atoms with Gasteiger partial charge in [-0.1, -0.05) is 29.3 Å². The number of rotatable bonds is 4. The van der Waals surface area contributed by atoms with Gasteiger partial charge in [0, 0.05) is 17.6 Å². The summed E-state index contributed by atoms with van der Waals surface area (Å²) in [5.74, 6) is -0.235. The standard InChI is InChI=1S/C12H10Cl2N2OS/c13-10-7-16-11(14)6-9(10)12(17)15-4-3-8-2-1-5-18-8/h1-2,5-7H,3-4H2,(H,15,17). The molecule has 0 saturated heterocycles. The van der Waals surface area contributed by atoms with Crippen LogP contribution < -0.4 is 5.32 Å². The summed E-state index contributed by atoms with van der Waals surface area (Å²) in [7, 11) is 0. The molecule has 2 rings (SSSR count). The van der Waals surface area contributed by atoms with Crippen LogP contribution >= 0.6 is 34.5 Å². The number of thiophene rings is 1. The Morgan fingerprint density at radius 2 is 2.28 bits per heavy atom. The molecule has 1 N–H and O–H groups in total. The first kappa shape index (κ1) is 13.3. The predicted molar refractivity (Wildman–Crippen MR) is 74.6 cm³/mol. The van der Waals surface area contributed by atoms with Crippen LogP contribution in [-0.2, 0) is 6.42 Å². The minimum absolute atomic E-state index is 0.235. The van der Waals surface area contributed by atoms with E-state index in [9.17, 15) is 4.79 Å². The van der Waals surface area contributed by atoms with E-state index in [0.717, 1.165) is 6.42 Å². The Bertz CT molecular complexity index is 543. The van der Waals surface area contributed by atoms with Crippen molar-refractivity contribution in [2.45, 2.75) is 6.42 Å². The first-order chi connectivity index (χ1) is 8.66. The van der Waals surface area contributed by atoms with E-state index >= 15 is 0 Å². The number of amides is 1. The summed E-state index contributed by atoms with van der Waals surface area (Å²) in [4.78, 5) is 16.9. The number of pyridine rings is 1. The predicted octanol–water partition coefficient (Wildman–Crippen LogP) is 3.42. The highest BCUT2D eigenvalue weighted by atomic mass is 35.5. The molecule has 18 heavy (non-hydrogen) atoms. The Kier molecular flexibility index (Phi) is 4.58. The van der Waals surface area contributed by atoms with Gasteiger partial charge in [0.25, 0.3) is 5.91 Å². The molecule has 1 amide bonds. The molecule has 0 atom stereocenters. The Balaban J connectivity index is 1.93. The van der Waals surface area contributed by atoms with Gasteiger partial charge in [-0.2, -0.15) is 0 Å². The lowest BCUT2D eigenvalue weighted by atomic mass is 10.2. The third-order valence-corrected chi connectivity index (χ3v) is 3.75. The second kappa shape index (κ2) is 6.18. The van der Waals surface area contributed by atoms with E-state index in [1.165, 1.54) is 17.1 Å². The average Bonchev–Trinajstić information content (AvgIpc) is 2.85. The van der Waals surface area contributed by atoms with Crippen LogP contribution in [0.3, 0.4) is 0 Å². The lowest BCUT2D eigenvalue weighted by Gasteiger charge is -2.06. The number of aromatic nitrogens is 1. The smallest absolute Gasteiger partial charge is 0.252 e. The number of hydrogen-bond donors (Lipinski definition) is 1. The van der Waals surface area contributed by atoms with Crippen molar-refractivity contribution in [1.82, 2.24) is 10.3 Å². The summed E-state index contributed by atoms with van der Waals surface area (Å²) in [6, 6.07) is 5.48. The Morgan fingerprint density at radius 3 is 3.00 bits per heavy atom. The van der Waals surface area contributed by atoms with Gasteiger partial charge >= 0.3 is 0 Å². The summed E-state index contributed by atoms with van der Waals surface area (Å²) >= 11 is 13.3. The monoisotopic (exact) mass is 300 g/mol. The van der Waals surface area contributed by atoms with E-state index in [-0.39, 0.29) is 11.1 Å². The maximum atomic E-state index is 11.9. The number of hydrogen-bond acceptors (Lipinski definition) is 3. The maximum absolute atomic E-state index is 11.9. The van der Waals surface area contributed by atoms with Crippen molar-refractivity contribution in [3.05, 3.63) is 50.4 Å². The number of carbonyl (C=O) groups excluding carboxylic acids is 1. The molecule has 0 aliphatic rings. The zero-order chi connectivity index (χ0) is 13.0. The van der Waals surface area contributed by atoms with E-state index in [0.29, 0.717) is 17.1 Å². The van der Waals surface area contributed by atoms with Crippen molar-refractivity contribution in [3.8, 4) is 0 Å². The van der Waals surface area contributed by atoms with Crippen molar-refractivity contribution in [1.29, 1.82) is 0 Å². The molecule has 2 aromatic heterocycles. The second-order valence-corrected chi connectivity index (χ2v) is 5.40. The normalized spacial score (nSPS) is 10.3. The molecule has 0 unspecified atom stereocenters. The van der Waals surface area contributed by atoms with Gasteiger partial charge in [0.1, 0.15) is 5.15 Å². The third-order valence-electron chi connectivity index (χ3n) is 2.30. The highest BCUT2D eigenvalue weighted by Crippen LogP contribution is 2.17. The second-order valence-electron chi connectivity index (χ2n) is 3.57. The molecule has 0 aliphatic heterocycles. The van der Waals surface area contributed by atoms with Crippen molar-refractivity contribution in [2.75, 3.05) is 6.54 Å². The Morgan fingerprint density at radius 1 is 1.44 bits per heavy atom. The van der Waals surface area contributed by atoms with Crippen LogP contribution in [0, 0.1) is 0 Å². The molecule has 0 radical (unpaired) electrons. The van der Waals surface area contributed by atoms with Crippen LogP contribution in [0.4, 0.5) is 0 Å². The van der Waals surface area contributed by atoms with E-state index in [4.69, 9.17) is 23.2 Å². The fourth-order valence-electron chi connectivity index (χ4n) is 1.44. The van der Waals surface area contributed by atoms with Gasteiger partial charge in [0.2, 0.25) is 0 Å². The van der Waals surface area contributed by atoms with E-state index in [1.54, 1.807) is 11.3 Å². The molecule has 0 aliphatic carbocycles. The van der Waals surface area contributed by atoms with Crippen LogP contribution in [0.1, 0.15) is 15.2 Å².